The number of carbonyl (C=O) groups excluding carboxylic acids is 1. The molecule has 0 aliphatic carbocycles. The number of hydrogen-bond acceptors (Lipinski definition) is 3. The summed E-state index contributed by atoms with van der Waals surface area (Å²) in [5, 5.41) is 3.39. The molecule has 1 fully saturated rings. The second kappa shape index (κ2) is 7.67. The molecule has 0 aromatic rings. The molecule has 0 bridgehead atoms. The molecular weight excluding hydrogens is 214 g/mol. The fraction of sp³-hybridized carbons (Fsp3) is 0.923. The first-order valence-electron chi connectivity index (χ1n) is 6.89. The molecular formula is C13H27N3O. The summed E-state index contributed by atoms with van der Waals surface area (Å²) < 4.78 is 0. The SMILES string of the molecule is CC1NCCN(C(=O)CCCCCCN)C1C. The van der Waals surface area contributed by atoms with E-state index in [0.29, 0.717) is 24.4 Å². The van der Waals surface area contributed by atoms with Gasteiger partial charge in [-0.3, -0.25) is 4.79 Å². The van der Waals surface area contributed by atoms with Crippen LogP contribution in [0.4, 0.5) is 0 Å². The molecule has 1 heterocycles. The van der Waals surface area contributed by atoms with E-state index in [4.69, 9.17) is 5.73 Å². The zero-order valence-electron chi connectivity index (χ0n) is 11.2. The van der Waals surface area contributed by atoms with Crippen LogP contribution in [0.3, 0.4) is 0 Å². The van der Waals surface area contributed by atoms with E-state index in [1.54, 1.807) is 0 Å². The van der Waals surface area contributed by atoms with Gasteiger partial charge in [0, 0.05) is 31.6 Å². The fourth-order valence-electron chi connectivity index (χ4n) is 2.33. The summed E-state index contributed by atoms with van der Waals surface area (Å²) in [5.74, 6) is 0.318. The van der Waals surface area contributed by atoms with Crippen LogP contribution < -0.4 is 11.1 Å². The average Bonchev–Trinajstić information content (AvgIpc) is 2.32. The smallest absolute Gasteiger partial charge is 0.222 e. The number of carbonyl (C=O) groups is 1. The molecule has 1 amide bonds. The molecule has 2 atom stereocenters. The summed E-state index contributed by atoms with van der Waals surface area (Å²) in [7, 11) is 0. The van der Waals surface area contributed by atoms with Gasteiger partial charge >= 0.3 is 0 Å². The second-order valence-corrected chi connectivity index (χ2v) is 5.02. The van der Waals surface area contributed by atoms with E-state index < -0.39 is 0 Å². The fourth-order valence-corrected chi connectivity index (χ4v) is 2.33. The molecule has 1 aliphatic rings. The van der Waals surface area contributed by atoms with Crippen LogP contribution in [-0.4, -0.2) is 42.5 Å². The molecule has 2 unspecified atom stereocenters. The number of hydrogen-bond donors (Lipinski definition) is 2. The molecule has 0 radical (unpaired) electrons. The molecule has 100 valence electrons. The van der Waals surface area contributed by atoms with Gasteiger partial charge in [0.2, 0.25) is 5.91 Å². The highest BCUT2D eigenvalue weighted by molar-refractivity contribution is 5.76. The Labute approximate surface area is 105 Å². The van der Waals surface area contributed by atoms with Crippen LogP contribution in [-0.2, 0) is 4.79 Å². The first-order valence-corrected chi connectivity index (χ1v) is 6.89. The maximum atomic E-state index is 12.1. The van der Waals surface area contributed by atoms with Crippen LogP contribution >= 0.6 is 0 Å². The molecule has 4 nitrogen and oxygen atoms in total. The predicted molar refractivity (Wildman–Crippen MR) is 70.8 cm³/mol. The summed E-state index contributed by atoms with van der Waals surface area (Å²) in [6, 6.07) is 0.727. The molecule has 3 N–H and O–H groups in total. The van der Waals surface area contributed by atoms with E-state index in [1.807, 2.05) is 4.90 Å². The minimum Gasteiger partial charge on any atom is -0.337 e. The molecule has 1 aliphatic heterocycles. The Hall–Kier alpha value is -0.610. The lowest BCUT2D eigenvalue weighted by Crippen LogP contribution is -2.57. The van der Waals surface area contributed by atoms with Gasteiger partial charge in [0.1, 0.15) is 0 Å². The van der Waals surface area contributed by atoms with Crippen molar-refractivity contribution in [3.63, 3.8) is 0 Å². The number of nitrogens with zero attached hydrogens (tertiary/aromatic N) is 1. The summed E-state index contributed by atoms with van der Waals surface area (Å²) in [5.41, 5.74) is 5.44. The van der Waals surface area contributed by atoms with Crippen LogP contribution in [0.15, 0.2) is 0 Å². The van der Waals surface area contributed by atoms with Crippen molar-refractivity contribution in [2.75, 3.05) is 19.6 Å². The lowest BCUT2D eigenvalue weighted by atomic mass is 10.1. The van der Waals surface area contributed by atoms with Gasteiger partial charge in [0.15, 0.2) is 0 Å². The highest BCUT2D eigenvalue weighted by atomic mass is 16.2. The molecule has 1 rings (SSSR count). The number of amides is 1. The zero-order valence-corrected chi connectivity index (χ0v) is 11.2. The second-order valence-electron chi connectivity index (χ2n) is 5.02. The lowest BCUT2D eigenvalue weighted by Gasteiger charge is -2.38. The number of nitrogens with two attached hydrogens (primary N) is 1. The van der Waals surface area contributed by atoms with Crippen molar-refractivity contribution in [2.24, 2.45) is 5.73 Å². The Morgan fingerprint density at radius 3 is 2.71 bits per heavy atom. The quantitative estimate of drug-likeness (QED) is 0.685. The first-order chi connectivity index (χ1) is 8.16. The van der Waals surface area contributed by atoms with Gasteiger partial charge in [0.05, 0.1) is 0 Å². The van der Waals surface area contributed by atoms with Crippen LogP contribution in [0.1, 0.15) is 46.0 Å². The maximum absolute atomic E-state index is 12.1. The number of unbranched alkanes of at least 4 members (excludes halogenated alkanes) is 3. The number of rotatable bonds is 6. The van der Waals surface area contributed by atoms with Crippen molar-refractivity contribution in [1.82, 2.24) is 10.2 Å². The normalized spacial score (nSPS) is 25.0. The molecule has 0 spiro atoms. The summed E-state index contributed by atoms with van der Waals surface area (Å²) in [6.45, 7) is 6.81. The van der Waals surface area contributed by atoms with Gasteiger partial charge < -0.3 is 16.0 Å². The van der Waals surface area contributed by atoms with E-state index in [0.717, 1.165) is 45.3 Å². The topological polar surface area (TPSA) is 58.4 Å². The maximum Gasteiger partial charge on any atom is 0.222 e. The van der Waals surface area contributed by atoms with Crippen molar-refractivity contribution in [3.05, 3.63) is 0 Å². The van der Waals surface area contributed by atoms with Gasteiger partial charge in [0.25, 0.3) is 0 Å². The molecule has 4 heteroatoms. The Morgan fingerprint density at radius 2 is 2.00 bits per heavy atom. The van der Waals surface area contributed by atoms with Crippen LogP contribution in [0.5, 0.6) is 0 Å². The minimum atomic E-state index is 0.318. The monoisotopic (exact) mass is 241 g/mol. The molecule has 1 saturated heterocycles. The number of piperazine rings is 1. The number of nitrogens with one attached hydrogen (secondary N) is 1. The van der Waals surface area contributed by atoms with E-state index >= 15 is 0 Å². The van der Waals surface area contributed by atoms with Crippen LogP contribution in [0, 0.1) is 0 Å². The van der Waals surface area contributed by atoms with E-state index in [-0.39, 0.29) is 0 Å². The Bertz CT molecular complexity index is 233. The van der Waals surface area contributed by atoms with Crippen molar-refractivity contribution in [3.8, 4) is 0 Å². The molecule has 17 heavy (non-hydrogen) atoms. The third-order valence-corrected chi connectivity index (χ3v) is 3.70. The average molecular weight is 241 g/mol. The van der Waals surface area contributed by atoms with Crippen LogP contribution in [0.25, 0.3) is 0 Å². The predicted octanol–water partition coefficient (Wildman–Crippen LogP) is 1.10. The standard InChI is InChI=1S/C13H27N3O/c1-11-12(2)16(10-9-15-11)13(17)7-5-3-4-6-8-14/h11-12,15H,3-10,14H2,1-2H3. The van der Waals surface area contributed by atoms with E-state index in [1.165, 1.54) is 0 Å². The van der Waals surface area contributed by atoms with Gasteiger partial charge in [-0.25, -0.2) is 0 Å². The highest BCUT2D eigenvalue weighted by Gasteiger charge is 2.27. The van der Waals surface area contributed by atoms with Crippen molar-refractivity contribution in [1.29, 1.82) is 0 Å². The van der Waals surface area contributed by atoms with Crippen molar-refractivity contribution < 1.29 is 4.79 Å². The first kappa shape index (κ1) is 14.5. The Kier molecular flexibility index (Phi) is 6.52. The third kappa shape index (κ3) is 4.64. The minimum absolute atomic E-state index is 0.318. The zero-order chi connectivity index (χ0) is 12.7. The van der Waals surface area contributed by atoms with Crippen molar-refractivity contribution in [2.45, 2.75) is 58.0 Å². The van der Waals surface area contributed by atoms with E-state index in [2.05, 4.69) is 19.2 Å². The summed E-state index contributed by atoms with van der Waals surface area (Å²) in [6.07, 6.45) is 5.05. The van der Waals surface area contributed by atoms with Crippen molar-refractivity contribution >= 4 is 5.91 Å². The highest BCUT2D eigenvalue weighted by Crippen LogP contribution is 2.12. The van der Waals surface area contributed by atoms with Gasteiger partial charge in [-0.1, -0.05) is 12.8 Å². The molecule has 0 aromatic carbocycles. The third-order valence-electron chi connectivity index (χ3n) is 3.70. The lowest BCUT2D eigenvalue weighted by molar-refractivity contribution is -0.135. The Morgan fingerprint density at radius 1 is 1.29 bits per heavy atom. The van der Waals surface area contributed by atoms with Gasteiger partial charge in [-0.15, -0.1) is 0 Å². The summed E-state index contributed by atoms with van der Waals surface area (Å²) >= 11 is 0. The van der Waals surface area contributed by atoms with Gasteiger partial charge in [-0.2, -0.15) is 0 Å². The Balaban J connectivity index is 2.22. The summed E-state index contributed by atoms with van der Waals surface area (Å²) in [4.78, 5) is 14.1. The molecule has 0 saturated carbocycles. The molecule has 0 aromatic heterocycles. The van der Waals surface area contributed by atoms with Gasteiger partial charge in [-0.05, 0) is 33.2 Å². The van der Waals surface area contributed by atoms with E-state index in [9.17, 15) is 4.79 Å². The van der Waals surface area contributed by atoms with Crippen LogP contribution in [0.2, 0.25) is 0 Å². The largest absolute Gasteiger partial charge is 0.337 e.